The molecule has 170 valence electrons. The normalized spacial score (nSPS) is 23.0. The highest BCUT2D eigenvalue weighted by Crippen LogP contribution is 2.38. The van der Waals surface area contributed by atoms with Gasteiger partial charge in [-0.3, -0.25) is 19.2 Å². The molecule has 32 heavy (non-hydrogen) atoms. The van der Waals surface area contributed by atoms with Gasteiger partial charge in [0, 0.05) is 17.8 Å². The summed E-state index contributed by atoms with van der Waals surface area (Å²) in [4.78, 5) is 39.2. The van der Waals surface area contributed by atoms with E-state index in [4.69, 9.17) is 0 Å². The molecule has 2 heterocycles. The van der Waals surface area contributed by atoms with E-state index in [-0.39, 0.29) is 24.3 Å². The van der Waals surface area contributed by atoms with Crippen molar-refractivity contribution in [3.63, 3.8) is 0 Å². The molecule has 8 nitrogen and oxygen atoms in total. The summed E-state index contributed by atoms with van der Waals surface area (Å²) in [6.07, 6.45) is 3.50. The molecule has 1 spiro atoms. The predicted octanol–water partition coefficient (Wildman–Crippen LogP) is 2.67. The second-order valence-corrected chi connectivity index (χ2v) is 9.01. The minimum Gasteiger partial charge on any atom is -0.350 e. The second kappa shape index (κ2) is 8.76. The molecule has 1 aromatic heterocycles. The van der Waals surface area contributed by atoms with Gasteiger partial charge < -0.3 is 10.6 Å². The van der Waals surface area contributed by atoms with Gasteiger partial charge in [0.25, 0.3) is 5.91 Å². The molecule has 1 aromatic carbocycles. The average molecular weight is 438 g/mol. The van der Waals surface area contributed by atoms with E-state index < -0.39 is 11.6 Å². The molecule has 2 N–H and O–H groups in total. The van der Waals surface area contributed by atoms with Crippen molar-refractivity contribution in [3.05, 3.63) is 52.8 Å². The summed E-state index contributed by atoms with van der Waals surface area (Å²) in [7, 11) is 0. The summed E-state index contributed by atoms with van der Waals surface area (Å²) < 4.78 is 1.93. The topological polar surface area (TPSA) is 96.3 Å². The Morgan fingerprint density at radius 2 is 1.97 bits per heavy atom. The lowest BCUT2D eigenvalue weighted by Crippen LogP contribution is -2.54. The zero-order chi connectivity index (χ0) is 22.9. The smallest absolute Gasteiger partial charge is 0.325 e. The van der Waals surface area contributed by atoms with Gasteiger partial charge in [0.1, 0.15) is 12.1 Å². The lowest BCUT2D eigenvalue weighted by Gasteiger charge is -2.36. The Morgan fingerprint density at radius 1 is 1.22 bits per heavy atom. The molecule has 2 atom stereocenters. The highest BCUT2D eigenvalue weighted by atomic mass is 16.2. The third-order valence-corrected chi connectivity index (χ3v) is 6.97. The van der Waals surface area contributed by atoms with Crippen molar-refractivity contribution < 1.29 is 14.4 Å². The summed E-state index contributed by atoms with van der Waals surface area (Å²) in [6, 6.07) is 9.60. The van der Waals surface area contributed by atoms with Gasteiger partial charge in [-0.1, -0.05) is 50.1 Å². The number of nitrogens with zero attached hydrogens (tertiary/aromatic N) is 3. The monoisotopic (exact) mass is 437 g/mol. The van der Waals surface area contributed by atoms with Crippen LogP contribution in [0.4, 0.5) is 4.79 Å². The van der Waals surface area contributed by atoms with E-state index in [1.54, 1.807) is 0 Å². The number of amides is 4. The lowest BCUT2D eigenvalue weighted by molar-refractivity contribution is -0.137. The molecule has 1 aliphatic carbocycles. The quantitative estimate of drug-likeness (QED) is 0.679. The third kappa shape index (κ3) is 4.01. The van der Waals surface area contributed by atoms with Crippen LogP contribution in [0, 0.1) is 19.8 Å². The minimum absolute atomic E-state index is 0.0708. The van der Waals surface area contributed by atoms with E-state index in [9.17, 15) is 14.4 Å². The number of aryl methyl sites for hydroxylation is 1. The maximum atomic E-state index is 13.0. The van der Waals surface area contributed by atoms with Crippen molar-refractivity contribution in [1.82, 2.24) is 25.3 Å². The fourth-order valence-electron chi connectivity index (χ4n) is 4.93. The number of carbonyl (C=O) groups excluding carboxylic acids is 3. The fourth-order valence-corrected chi connectivity index (χ4v) is 4.93. The van der Waals surface area contributed by atoms with Crippen molar-refractivity contribution in [2.75, 3.05) is 6.54 Å². The van der Waals surface area contributed by atoms with Crippen molar-refractivity contribution >= 4 is 17.8 Å². The number of nitrogens with one attached hydrogen (secondary N) is 2. The van der Waals surface area contributed by atoms with Crippen LogP contribution in [-0.2, 0) is 22.7 Å². The van der Waals surface area contributed by atoms with Gasteiger partial charge >= 0.3 is 6.03 Å². The molecular formula is C24H31N5O3. The first-order valence-electron chi connectivity index (χ1n) is 11.3. The van der Waals surface area contributed by atoms with Crippen molar-refractivity contribution in [1.29, 1.82) is 0 Å². The van der Waals surface area contributed by atoms with Crippen molar-refractivity contribution in [3.8, 4) is 0 Å². The van der Waals surface area contributed by atoms with Crippen molar-refractivity contribution in [2.45, 2.75) is 65.1 Å². The first-order valence-corrected chi connectivity index (χ1v) is 11.3. The number of imide groups is 1. The standard InChI is InChI=1S/C24H31N5O3/c1-16-9-7-8-12-24(16)22(31)28(23(32)26-24)15-21(30)25-13-20-17(2)27-29(18(20)3)14-19-10-5-4-6-11-19/h4-6,10-11,16H,7-9,12-15H2,1-3H3,(H,25,30)(H,26,32)/t16-,24+/m0/s1. The Balaban J connectivity index is 1.38. The summed E-state index contributed by atoms with van der Waals surface area (Å²) in [5.74, 6) is -0.557. The third-order valence-electron chi connectivity index (χ3n) is 6.97. The van der Waals surface area contributed by atoms with Crippen LogP contribution in [0.2, 0.25) is 0 Å². The first kappa shape index (κ1) is 22.0. The van der Waals surface area contributed by atoms with Gasteiger partial charge in [-0.25, -0.2) is 4.79 Å². The molecule has 2 aliphatic rings. The van der Waals surface area contributed by atoms with E-state index in [0.717, 1.165) is 46.7 Å². The first-order chi connectivity index (χ1) is 15.3. The van der Waals surface area contributed by atoms with Gasteiger partial charge in [-0.05, 0) is 38.2 Å². The summed E-state index contributed by atoms with van der Waals surface area (Å²) in [6.45, 7) is 6.59. The van der Waals surface area contributed by atoms with Crippen LogP contribution in [0.5, 0.6) is 0 Å². The molecule has 1 saturated carbocycles. The molecule has 4 rings (SSSR count). The number of hydrogen-bond acceptors (Lipinski definition) is 4. The van der Waals surface area contributed by atoms with E-state index in [0.29, 0.717) is 19.5 Å². The molecule has 1 aliphatic heterocycles. The molecule has 8 heteroatoms. The Kier molecular flexibility index (Phi) is 6.04. The summed E-state index contributed by atoms with van der Waals surface area (Å²) in [5, 5.41) is 10.4. The SMILES string of the molecule is Cc1nn(Cc2ccccc2)c(C)c1CNC(=O)CN1C(=O)N[C@@]2(CCCC[C@@H]2C)C1=O. The van der Waals surface area contributed by atoms with E-state index in [2.05, 4.69) is 27.9 Å². The average Bonchev–Trinajstić information content (AvgIpc) is 3.17. The molecule has 2 aromatic rings. The molecule has 1 saturated heterocycles. The zero-order valence-electron chi connectivity index (χ0n) is 19.0. The fraction of sp³-hybridized carbons (Fsp3) is 0.500. The predicted molar refractivity (Wildman–Crippen MR) is 120 cm³/mol. The number of urea groups is 1. The molecule has 0 radical (unpaired) electrons. The Labute approximate surface area is 188 Å². The molecule has 0 unspecified atom stereocenters. The summed E-state index contributed by atoms with van der Waals surface area (Å²) >= 11 is 0. The number of hydrogen-bond donors (Lipinski definition) is 2. The minimum atomic E-state index is -0.846. The van der Waals surface area contributed by atoms with Gasteiger partial charge in [0.15, 0.2) is 0 Å². The van der Waals surface area contributed by atoms with E-state index in [1.807, 2.05) is 43.7 Å². The maximum Gasteiger partial charge on any atom is 0.325 e. The van der Waals surface area contributed by atoms with E-state index >= 15 is 0 Å². The van der Waals surface area contributed by atoms with Crippen LogP contribution >= 0.6 is 0 Å². The van der Waals surface area contributed by atoms with Crippen LogP contribution in [0.25, 0.3) is 0 Å². The van der Waals surface area contributed by atoms with Gasteiger partial charge in [0.2, 0.25) is 5.91 Å². The molecule has 0 bridgehead atoms. The maximum absolute atomic E-state index is 13.0. The van der Waals surface area contributed by atoms with Crippen molar-refractivity contribution in [2.24, 2.45) is 5.92 Å². The van der Waals surface area contributed by atoms with Crippen LogP contribution in [0.15, 0.2) is 30.3 Å². The van der Waals surface area contributed by atoms with Gasteiger partial charge in [-0.15, -0.1) is 0 Å². The van der Waals surface area contributed by atoms with Gasteiger partial charge in [0.05, 0.1) is 12.2 Å². The zero-order valence-corrected chi connectivity index (χ0v) is 19.0. The largest absolute Gasteiger partial charge is 0.350 e. The molecule has 4 amide bonds. The second-order valence-electron chi connectivity index (χ2n) is 9.01. The van der Waals surface area contributed by atoms with E-state index in [1.165, 1.54) is 0 Å². The molecular weight excluding hydrogens is 406 g/mol. The van der Waals surface area contributed by atoms with Crippen LogP contribution < -0.4 is 10.6 Å². The highest BCUT2D eigenvalue weighted by Gasteiger charge is 2.55. The molecule has 2 fully saturated rings. The Hall–Kier alpha value is -3.16. The summed E-state index contributed by atoms with van der Waals surface area (Å²) in [5.41, 5.74) is 3.09. The van der Waals surface area contributed by atoms with Crippen LogP contribution in [-0.4, -0.2) is 44.6 Å². The highest BCUT2D eigenvalue weighted by molar-refractivity contribution is 6.09. The number of aromatic nitrogens is 2. The van der Waals surface area contributed by atoms with Crippen LogP contribution in [0.1, 0.15) is 55.1 Å². The number of benzene rings is 1. The number of carbonyl (C=O) groups is 3. The Bertz CT molecular complexity index is 1030. The Morgan fingerprint density at radius 3 is 2.69 bits per heavy atom. The number of rotatable bonds is 6. The van der Waals surface area contributed by atoms with Crippen LogP contribution in [0.3, 0.4) is 0 Å². The lowest BCUT2D eigenvalue weighted by atomic mass is 9.73. The van der Waals surface area contributed by atoms with Gasteiger partial charge in [-0.2, -0.15) is 5.10 Å².